The Morgan fingerprint density at radius 2 is 1.54 bits per heavy atom. The zero-order valence-corrected chi connectivity index (χ0v) is 15.8. The van der Waals surface area contributed by atoms with E-state index in [2.05, 4.69) is 29.5 Å². The number of hydrogen-bond donors (Lipinski definition) is 2. The highest BCUT2D eigenvalue weighted by molar-refractivity contribution is 5.90. The van der Waals surface area contributed by atoms with Gasteiger partial charge in [-0.15, -0.1) is 0 Å². The summed E-state index contributed by atoms with van der Waals surface area (Å²) >= 11 is 0. The molecule has 24 heavy (non-hydrogen) atoms. The summed E-state index contributed by atoms with van der Waals surface area (Å²) in [7, 11) is 2.10. The fraction of sp³-hybridized carbons (Fsp3) is 0.889. The van der Waals surface area contributed by atoms with Gasteiger partial charge in [0.25, 0.3) is 0 Å². The third-order valence-electron chi connectivity index (χ3n) is 5.14. The van der Waals surface area contributed by atoms with E-state index in [4.69, 9.17) is 4.74 Å². The Bertz CT molecular complexity index is 470. The van der Waals surface area contributed by atoms with E-state index in [0.29, 0.717) is 12.8 Å². The number of piperidine rings is 1. The van der Waals surface area contributed by atoms with Gasteiger partial charge in [0.1, 0.15) is 11.1 Å². The van der Waals surface area contributed by atoms with Crippen LogP contribution >= 0.6 is 0 Å². The fourth-order valence-electron chi connectivity index (χ4n) is 3.52. The van der Waals surface area contributed by atoms with E-state index in [1.165, 1.54) is 0 Å². The summed E-state index contributed by atoms with van der Waals surface area (Å²) in [5.74, 6) is -0.0575. The SMILES string of the molecule is CN1CCC(C)(NC(=O)C2(NC(=O)OC(C)(C)C)CCCC2)CC1. The number of ether oxygens (including phenoxy) is 1. The Kier molecular flexibility index (Phi) is 5.47. The number of nitrogens with one attached hydrogen (secondary N) is 2. The molecule has 2 rings (SSSR count). The summed E-state index contributed by atoms with van der Waals surface area (Å²) in [4.78, 5) is 27.5. The average Bonchev–Trinajstić information content (AvgIpc) is 2.90. The maximum Gasteiger partial charge on any atom is 0.408 e. The van der Waals surface area contributed by atoms with Crippen LogP contribution in [0, 0.1) is 0 Å². The Morgan fingerprint density at radius 1 is 1.00 bits per heavy atom. The predicted molar refractivity (Wildman–Crippen MR) is 93.8 cm³/mol. The molecule has 1 heterocycles. The lowest BCUT2D eigenvalue weighted by Crippen LogP contribution is -2.63. The molecule has 0 atom stereocenters. The van der Waals surface area contributed by atoms with E-state index in [1.54, 1.807) is 0 Å². The van der Waals surface area contributed by atoms with Crippen molar-refractivity contribution in [3.8, 4) is 0 Å². The second-order valence-corrected chi connectivity index (χ2v) is 8.73. The van der Waals surface area contributed by atoms with E-state index in [-0.39, 0.29) is 11.4 Å². The molecule has 1 aliphatic heterocycles. The summed E-state index contributed by atoms with van der Waals surface area (Å²) in [5, 5.41) is 6.11. The topological polar surface area (TPSA) is 70.7 Å². The van der Waals surface area contributed by atoms with E-state index in [9.17, 15) is 9.59 Å². The van der Waals surface area contributed by atoms with Gasteiger partial charge in [-0.25, -0.2) is 4.79 Å². The van der Waals surface area contributed by atoms with Gasteiger partial charge in [-0.05, 0) is 60.4 Å². The number of alkyl carbamates (subject to hydrolysis) is 1. The first-order chi connectivity index (χ1) is 11.0. The number of carbonyl (C=O) groups excluding carboxylic acids is 2. The molecule has 2 N–H and O–H groups in total. The van der Waals surface area contributed by atoms with Gasteiger partial charge < -0.3 is 20.3 Å². The van der Waals surface area contributed by atoms with Gasteiger partial charge in [0.05, 0.1) is 0 Å². The Balaban J connectivity index is 2.03. The lowest BCUT2D eigenvalue weighted by molar-refractivity contribution is -0.130. The standard InChI is InChI=1S/C18H33N3O3/c1-16(2,3)24-15(23)20-18(8-6-7-9-18)14(22)19-17(4)10-12-21(5)13-11-17/h6-13H2,1-5H3,(H,19,22)(H,20,23). The Labute approximate surface area is 145 Å². The predicted octanol–water partition coefficient (Wildman–Crippen LogP) is 2.42. The molecule has 0 spiro atoms. The zero-order chi connectivity index (χ0) is 18.0. The molecule has 2 aliphatic rings. The van der Waals surface area contributed by atoms with Crippen molar-refractivity contribution in [2.24, 2.45) is 0 Å². The fourth-order valence-corrected chi connectivity index (χ4v) is 3.52. The lowest BCUT2D eigenvalue weighted by atomic mass is 9.87. The van der Waals surface area contributed by atoms with E-state index < -0.39 is 17.2 Å². The van der Waals surface area contributed by atoms with Crippen molar-refractivity contribution >= 4 is 12.0 Å². The smallest absolute Gasteiger partial charge is 0.408 e. The van der Waals surface area contributed by atoms with Crippen LogP contribution in [0.4, 0.5) is 4.79 Å². The minimum Gasteiger partial charge on any atom is -0.444 e. The number of likely N-dealkylation sites (tertiary alicyclic amines) is 1. The molecule has 6 heteroatoms. The molecule has 2 fully saturated rings. The number of carbonyl (C=O) groups is 2. The van der Waals surface area contributed by atoms with Crippen molar-refractivity contribution in [2.45, 2.75) is 82.9 Å². The van der Waals surface area contributed by atoms with Crippen LogP contribution in [0.2, 0.25) is 0 Å². The van der Waals surface area contributed by atoms with Crippen molar-refractivity contribution in [2.75, 3.05) is 20.1 Å². The summed E-state index contributed by atoms with van der Waals surface area (Å²) in [6.07, 6.45) is 4.59. The monoisotopic (exact) mass is 339 g/mol. The number of nitrogens with zero attached hydrogens (tertiary/aromatic N) is 1. The third-order valence-corrected chi connectivity index (χ3v) is 5.14. The highest BCUT2D eigenvalue weighted by atomic mass is 16.6. The second-order valence-electron chi connectivity index (χ2n) is 8.73. The Hall–Kier alpha value is -1.30. The molecule has 0 aromatic heterocycles. The van der Waals surface area contributed by atoms with E-state index >= 15 is 0 Å². The van der Waals surface area contributed by atoms with Crippen LogP contribution in [0.5, 0.6) is 0 Å². The molecule has 0 bridgehead atoms. The van der Waals surface area contributed by atoms with Crippen LogP contribution in [0.3, 0.4) is 0 Å². The second kappa shape index (κ2) is 6.90. The highest BCUT2D eigenvalue weighted by Crippen LogP contribution is 2.32. The minimum atomic E-state index is -0.825. The molecule has 1 aliphatic carbocycles. The zero-order valence-electron chi connectivity index (χ0n) is 15.8. The van der Waals surface area contributed by atoms with E-state index in [0.717, 1.165) is 38.8 Å². The molecule has 2 amide bonds. The molecule has 138 valence electrons. The van der Waals surface area contributed by atoms with E-state index in [1.807, 2.05) is 20.8 Å². The number of amides is 2. The number of hydrogen-bond acceptors (Lipinski definition) is 4. The molecule has 0 radical (unpaired) electrons. The minimum absolute atomic E-state index is 0.0575. The van der Waals surface area contributed by atoms with Crippen molar-refractivity contribution < 1.29 is 14.3 Å². The van der Waals surface area contributed by atoms with Crippen LogP contribution in [0.25, 0.3) is 0 Å². The van der Waals surface area contributed by atoms with Crippen LogP contribution in [0.15, 0.2) is 0 Å². The first-order valence-corrected chi connectivity index (χ1v) is 9.06. The van der Waals surface area contributed by atoms with Gasteiger partial charge in [-0.2, -0.15) is 0 Å². The first-order valence-electron chi connectivity index (χ1n) is 9.06. The van der Waals surface area contributed by atoms with Crippen molar-refractivity contribution in [3.05, 3.63) is 0 Å². The van der Waals surface area contributed by atoms with Crippen LogP contribution < -0.4 is 10.6 Å². The average molecular weight is 339 g/mol. The van der Waals surface area contributed by atoms with Crippen molar-refractivity contribution in [1.82, 2.24) is 15.5 Å². The molecule has 6 nitrogen and oxygen atoms in total. The molecule has 0 unspecified atom stereocenters. The summed E-state index contributed by atoms with van der Waals surface area (Å²) < 4.78 is 5.37. The molecule has 0 aromatic carbocycles. The summed E-state index contributed by atoms with van der Waals surface area (Å²) in [6, 6.07) is 0. The lowest BCUT2D eigenvalue weighted by Gasteiger charge is -2.41. The molecular formula is C18H33N3O3. The van der Waals surface area contributed by atoms with Gasteiger partial charge in [-0.1, -0.05) is 12.8 Å². The maximum absolute atomic E-state index is 13.0. The van der Waals surface area contributed by atoms with Gasteiger partial charge >= 0.3 is 6.09 Å². The normalized spacial score (nSPS) is 23.5. The maximum atomic E-state index is 13.0. The van der Waals surface area contributed by atoms with Crippen LogP contribution in [-0.2, 0) is 9.53 Å². The van der Waals surface area contributed by atoms with Gasteiger partial charge in [-0.3, -0.25) is 4.79 Å². The van der Waals surface area contributed by atoms with Gasteiger partial charge in [0.15, 0.2) is 0 Å². The largest absolute Gasteiger partial charge is 0.444 e. The van der Waals surface area contributed by atoms with Crippen LogP contribution in [0.1, 0.15) is 66.2 Å². The molecule has 0 aromatic rings. The molecule has 1 saturated heterocycles. The number of rotatable bonds is 3. The summed E-state index contributed by atoms with van der Waals surface area (Å²) in [5.41, 5.74) is -1.59. The highest BCUT2D eigenvalue weighted by Gasteiger charge is 2.45. The quantitative estimate of drug-likeness (QED) is 0.828. The van der Waals surface area contributed by atoms with Gasteiger partial charge in [0.2, 0.25) is 5.91 Å². The van der Waals surface area contributed by atoms with Crippen molar-refractivity contribution in [3.63, 3.8) is 0 Å². The molecule has 1 saturated carbocycles. The van der Waals surface area contributed by atoms with Crippen LogP contribution in [-0.4, -0.2) is 53.7 Å². The van der Waals surface area contributed by atoms with Gasteiger partial charge in [0, 0.05) is 18.6 Å². The Morgan fingerprint density at radius 3 is 2.04 bits per heavy atom. The molecular weight excluding hydrogens is 306 g/mol. The van der Waals surface area contributed by atoms with Crippen molar-refractivity contribution in [1.29, 1.82) is 0 Å². The first kappa shape index (κ1) is 19.0. The summed E-state index contributed by atoms with van der Waals surface area (Å²) in [6.45, 7) is 9.54. The third kappa shape index (κ3) is 4.85.